The summed E-state index contributed by atoms with van der Waals surface area (Å²) >= 11 is 0. The van der Waals surface area contributed by atoms with Gasteiger partial charge in [-0.3, -0.25) is 14.6 Å². The Morgan fingerprint density at radius 1 is 1.17 bits per heavy atom. The highest BCUT2D eigenvalue weighted by atomic mass is 16.8. The van der Waals surface area contributed by atoms with Gasteiger partial charge in [-0.1, -0.05) is 18.2 Å². The number of amides is 2. The highest BCUT2D eigenvalue weighted by Gasteiger charge is 2.42. The topological polar surface area (TPSA) is 80.8 Å². The monoisotopic (exact) mass is 409 g/mol. The lowest BCUT2D eigenvalue weighted by molar-refractivity contribution is -0.146. The molecule has 1 fully saturated rings. The second-order valence-electron chi connectivity index (χ2n) is 8.17. The summed E-state index contributed by atoms with van der Waals surface area (Å²) in [5.74, 6) is -0.906. The Hall–Kier alpha value is -2.77. The molecule has 2 amide bonds. The predicted molar refractivity (Wildman–Crippen MR) is 112 cm³/mol. The summed E-state index contributed by atoms with van der Waals surface area (Å²) < 4.78 is 12.3. The molecule has 0 unspecified atom stereocenters. The molecule has 7 heteroatoms. The molecule has 2 aliphatic heterocycles. The van der Waals surface area contributed by atoms with Crippen LogP contribution in [-0.4, -0.2) is 41.3 Å². The van der Waals surface area contributed by atoms with Crippen molar-refractivity contribution in [1.82, 2.24) is 10.3 Å². The van der Waals surface area contributed by atoms with Crippen molar-refractivity contribution >= 4 is 17.5 Å². The van der Waals surface area contributed by atoms with Crippen molar-refractivity contribution in [3.63, 3.8) is 0 Å². The number of pyridine rings is 1. The van der Waals surface area contributed by atoms with Crippen molar-refractivity contribution in [2.75, 3.05) is 11.4 Å². The van der Waals surface area contributed by atoms with Crippen LogP contribution in [0.25, 0.3) is 0 Å². The van der Waals surface area contributed by atoms with Gasteiger partial charge in [-0.15, -0.1) is 0 Å². The van der Waals surface area contributed by atoms with Crippen molar-refractivity contribution in [3.8, 4) is 0 Å². The SMILES string of the molecule is CC1(C)O[C@H]2CCCC(=O)NCc3ccccc3N(C(=O)c3cccnc3)C[C@H]2O1. The Morgan fingerprint density at radius 3 is 2.77 bits per heavy atom. The molecular weight excluding hydrogens is 382 g/mol. The fraction of sp³-hybridized carbons (Fsp3) is 0.435. The van der Waals surface area contributed by atoms with Gasteiger partial charge in [0.15, 0.2) is 5.79 Å². The van der Waals surface area contributed by atoms with Crippen molar-refractivity contribution in [2.45, 2.75) is 57.6 Å². The van der Waals surface area contributed by atoms with Gasteiger partial charge in [-0.2, -0.15) is 0 Å². The van der Waals surface area contributed by atoms with Crippen LogP contribution in [0.2, 0.25) is 0 Å². The average molecular weight is 409 g/mol. The van der Waals surface area contributed by atoms with Gasteiger partial charge in [0, 0.05) is 31.0 Å². The van der Waals surface area contributed by atoms with Crippen LogP contribution in [0, 0.1) is 0 Å². The largest absolute Gasteiger partial charge is 0.352 e. The lowest BCUT2D eigenvalue weighted by Gasteiger charge is -2.30. The van der Waals surface area contributed by atoms with Gasteiger partial charge >= 0.3 is 0 Å². The molecule has 1 aromatic heterocycles. The maximum absolute atomic E-state index is 13.5. The van der Waals surface area contributed by atoms with Crippen molar-refractivity contribution in [3.05, 3.63) is 59.9 Å². The average Bonchev–Trinajstić information content (AvgIpc) is 3.03. The number of hydrogen-bond donors (Lipinski definition) is 1. The van der Waals surface area contributed by atoms with E-state index in [0.717, 1.165) is 11.3 Å². The number of benzene rings is 1. The molecule has 2 atom stereocenters. The van der Waals surface area contributed by atoms with E-state index in [0.29, 0.717) is 37.9 Å². The van der Waals surface area contributed by atoms with E-state index in [1.807, 2.05) is 38.1 Å². The molecule has 30 heavy (non-hydrogen) atoms. The van der Waals surface area contributed by atoms with Gasteiger partial charge in [-0.25, -0.2) is 0 Å². The molecular formula is C23H27N3O4. The molecule has 2 aliphatic rings. The normalized spacial score (nSPS) is 24.1. The summed E-state index contributed by atoms with van der Waals surface area (Å²) in [5.41, 5.74) is 2.12. The first kappa shape index (κ1) is 20.5. The Kier molecular flexibility index (Phi) is 5.83. The number of aromatic nitrogens is 1. The summed E-state index contributed by atoms with van der Waals surface area (Å²) in [6.45, 7) is 4.48. The first-order valence-electron chi connectivity index (χ1n) is 10.3. The highest BCUT2D eigenvalue weighted by Crippen LogP contribution is 2.33. The minimum atomic E-state index is -0.736. The van der Waals surface area contributed by atoms with E-state index >= 15 is 0 Å². The third-order valence-electron chi connectivity index (χ3n) is 5.45. The first-order chi connectivity index (χ1) is 14.4. The number of ether oxygens (including phenoxy) is 2. The standard InChI is InChI=1S/C23H27N3O4/c1-23(2)29-19-10-5-11-21(27)25-14-16-7-3-4-9-18(16)26(15-20(19)30-23)22(28)17-8-6-12-24-13-17/h3-4,6-9,12-13,19-20H,5,10-11,14-15H2,1-2H3,(H,25,27)/t19-,20+/m0/s1. The van der Waals surface area contributed by atoms with Gasteiger partial charge in [0.2, 0.25) is 5.91 Å². The molecule has 0 bridgehead atoms. The Balaban J connectivity index is 1.75. The number of rotatable bonds is 1. The van der Waals surface area contributed by atoms with Crippen LogP contribution in [0.4, 0.5) is 5.69 Å². The van der Waals surface area contributed by atoms with Crippen LogP contribution in [0.3, 0.4) is 0 Å². The van der Waals surface area contributed by atoms with Gasteiger partial charge < -0.3 is 19.7 Å². The maximum atomic E-state index is 13.5. The molecule has 2 aromatic rings. The minimum Gasteiger partial charge on any atom is -0.352 e. The summed E-state index contributed by atoms with van der Waals surface area (Å²) in [4.78, 5) is 31.6. The van der Waals surface area contributed by atoms with Crippen molar-refractivity contribution < 1.29 is 19.1 Å². The van der Waals surface area contributed by atoms with Crippen LogP contribution in [-0.2, 0) is 20.8 Å². The molecule has 0 aliphatic carbocycles. The molecule has 0 spiro atoms. The molecule has 1 aromatic carbocycles. The second kappa shape index (κ2) is 8.53. The maximum Gasteiger partial charge on any atom is 0.259 e. The van der Waals surface area contributed by atoms with Gasteiger partial charge in [0.25, 0.3) is 5.91 Å². The van der Waals surface area contributed by atoms with E-state index in [2.05, 4.69) is 10.3 Å². The Labute approximate surface area is 176 Å². The van der Waals surface area contributed by atoms with E-state index in [9.17, 15) is 9.59 Å². The lowest BCUT2D eigenvalue weighted by atomic mass is 10.0. The van der Waals surface area contributed by atoms with Crippen LogP contribution >= 0.6 is 0 Å². The number of hydrogen-bond acceptors (Lipinski definition) is 5. The molecule has 158 valence electrons. The molecule has 4 rings (SSSR count). The number of nitrogens with zero attached hydrogens (tertiary/aromatic N) is 2. The van der Waals surface area contributed by atoms with Crippen LogP contribution < -0.4 is 10.2 Å². The second-order valence-corrected chi connectivity index (χ2v) is 8.17. The molecule has 3 heterocycles. The number of fused-ring (bicyclic) bond motifs is 2. The first-order valence-corrected chi connectivity index (χ1v) is 10.3. The smallest absolute Gasteiger partial charge is 0.259 e. The van der Waals surface area contributed by atoms with E-state index in [4.69, 9.17) is 9.47 Å². The van der Waals surface area contributed by atoms with Crippen LogP contribution in [0.5, 0.6) is 0 Å². The molecule has 7 nitrogen and oxygen atoms in total. The number of carbonyl (C=O) groups excluding carboxylic acids is 2. The number of nitrogens with one attached hydrogen (secondary N) is 1. The van der Waals surface area contributed by atoms with Crippen molar-refractivity contribution in [1.29, 1.82) is 0 Å². The zero-order valence-electron chi connectivity index (χ0n) is 17.3. The van der Waals surface area contributed by atoms with E-state index in [1.165, 1.54) is 0 Å². The van der Waals surface area contributed by atoms with Gasteiger partial charge in [0.05, 0.1) is 18.2 Å². The summed E-state index contributed by atoms with van der Waals surface area (Å²) in [5, 5.41) is 2.97. The third-order valence-corrected chi connectivity index (χ3v) is 5.45. The fourth-order valence-electron chi connectivity index (χ4n) is 4.09. The molecule has 0 saturated carbocycles. The molecule has 1 N–H and O–H groups in total. The Morgan fingerprint density at radius 2 is 1.97 bits per heavy atom. The van der Waals surface area contributed by atoms with Crippen molar-refractivity contribution in [2.24, 2.45) is 0 Å². The quantitative estimate of drug-likeness (QED) is 0.783. The number of para-hydroxylation sites is 1. The van der Waals surface area contributed by atoms with Gasteiger partial charge in [-0.05, 0) is 50.5 Å². The zero-order valence-corrected chi connectivity index (χ0v) is 17.3. The predicted octanol–water partition coefficient (Wildman–Crippen LogP) is 3.05. The number of carbonyl (C=O) groups is 2. The third kappa shape index (κ3) is 4.52. The Bertz CT molecular complexity index is 916. The highest BCUT2D eigenvalue weighted by molar-refractivity contribution is 6.06. The van der Waals surface area contributed by atoms with E-state index < -0.39 is 5.79 Å². The minimum absolute atomic E-state index is 0.00904. The lowest BCUT2D eigenvalue weighted by Crippen LogP contribution is -2.42. The summed E-state index contributed by atoms with van der Waals surface area (Å²) in [7, 11) is 0. The summed E-state index contributed by atoms with van der Waals surface area (Å²) in [6, 6.07) is 11.1. The fourth-order valence-corrected chi connectivity index (χ4v) is 4.09. The van der Waals surface area contributed by atoms with E-state index in [1.54, 1.807) is 29.4 Å². The molecule has 1 saturated heterocycles. The van der Waals surface area contributed by atoms with Gasteiger partial charge in [0.1, 0.15) is 6.10 Å². The van der Waals surface area contributed by atoms with E-state index in [-0.39, 0.29) is 24.0 Å². The zero-order chi connectivity index (χ0) is 21.1. The van der Waals surface area contributed by atoms with Crippen LogP contribution in [0.15, 0.2) is 48.8 Å². The number of anilines is 1. The summed E-state index contributed by atoms with van der Waals surface area (Å²) in [6.07, 6.45) is 4.55. The molecule has 0 radical (unpaired) electrons. The van der Waals surface area contributed by atoms with Crippen LogP contribution in [0.1, 0.15) is 49.0 Å².